The van der Waals surface area contributed by atoms with Crippen LogP contribution in [0.2, 0.25) is 0 Å². The Morgan fingerprint density at radius 1 is 1.12 bits per heavy atom. The van der Waals surface area contributed by atoms with Crippen LogP contribution in [0.25, 0.3) is 10.9 Å². The van der Waals surface area contributed by atoms with Crippen molar-refractivity contribution in [3.05, 3.63) is 66.1 Å². The normalized spacial score (nSPS) is 19.8. The summed E-state index contributed by atoms with van der Waals surface area (Å²) in [5.74, 6) is -0.610. The van der Waals surface area contributed by atoms with Gasteiger partial charge in [0.2, 0.25) is 0 Å². The molecule has 2 N–H and O–H groups in total. The molecule has 1 aromatic carbocycles. The molecule has 1 aliphatic heterocycles. The molecule has 6 heteroatoms. The van der Waals surface area contributed by atoms with Crippen LogP contribution in [-0.4, -0.2) is 50.2 Å². The number of likely N-dealkylation sites (tertiary alicyclic amines) is 1. The number of aromatic nitrogens is 2. The zero-order chi connectivity index (χ0) is 18.1. The van der Waals surface area contributed by atoms with Gasteiger partial charge in [-0.15, -0.1) is 0 Å². The van der Waals surface area contributed by atoms with Crippen molar-refractivity contribution in [3.8, 4) is 5.75 Å². The minimum absolute atomic E-state index is 0.0178. The van der Waals surface area contributed by atoms with Crippen LogP contribution in [-0.2, 0) is 6.42 Å². The first-order valence-corrected chi connectivity index (χ1v) is 8.58. The molecule has 2 atom stereocenters. The molecule has 6 nitrogen and oxygen atoms in total. The van der Waals surface area contributed by atoms with E-state index in [9.17, 15) is 15.0 Å². The maximum absolute atomic E-state index is 12.6. The Morgan fingerprint density at radius 3 is 2.81 bits per heavy atom. The van der Waals surface area contributed by atoms with Crippen molar-refractivity contribution in [2.75, 3.05) is 13.1 Å². The molecule has 0 saturated carbocycles. The van der Waals surface area contributed by atoms with E-state index in [0.717, 1.165) is 16.6 Å². The van der Waals surface area contributed by atoms with Gasteiger partial charge >= 0.3 is 0 Å². The predicted octanol–water partition coefficient (Wildman–Crippen LogP) is 2.01. The summed E-state index contributed by atoms with van der Waals surface area (Å²) in [6.07, 6.45) is 1.43. The van der Waals surface area contributed by atoms with E-state index in [1.165, 1.54) is 12.3 Å². The van der Waals surface area contributed by atoms with Crippen LogP contribution >= 0.6 is 0 Å². The van der Waals surface area contributed by atoms with Crippen molar-refractivity contribution in [3.63, 3.8) is 0 Å². The molecule has 1 aliphatic rings. The fraction of sp³-hybridized carbons (Fsp3) is 0.250. The van der Waals surface area contributed by atoms with Gasteiger partial charge in [0.1, 0.15) is 5.75 Å². The van der Waals surface area contributed by atoms with Gasteiger partial charge in [0.25, 0.3) is 5.91 Å². The Bertz CT molecular complexity index is 960. The predicted molar refractivity (Wildman–Crippen MR) is 96.7 cm³/mol. The van der Waals surface area contributed by atoms with Crippen molar-refractivity contribution in [2.24, 2.45) is 5.92 Å². The number of benzene rings is 1. The number of amides is 1. The van der Waals surface area contributed by atoms with Crippen LogP contribution in [0.15, 0.2) is 54.7 Å². The monoisotopic (exact) mass is 349 g/mol. The molecule has 132 valence electrons. The maximum atomic E-state index is 12.6. The third kappa shape index (κ3) is 3.11. The lowest BCUT2D eigenvalue weighted by Crippen LogP contribution is -2.30. The van der Waals surface area contributed by atoms with Crippen molar-refractivity contribution in [1.29, 1.82) is 0 Å². The average molecular weight is 349 g/mol. The van der Waals surface area contributed by atoms with Gasteiger partial charge in [-0.05, 0) is 30.7 Å². The molecule has 0 radical (unpaired) electrons. The van der Waals surface area contributed by atoms with Gasteiger partial charge in [-0.2, -0.15) is 0 Å². The van der Waals surface area contributed by atoms with E-state index in [1.54, 1.807) is 11.0 Å². The Labute approximate surface area is 150 Å². The highest BCUT2D eigenvalue weighted by molar-refractivity contribution is 5.95. The summed E-state index contributed by atoms with van der Waals surface area (Å²) >= 11 is 0. The van der Waals surface area contributed by atoms with Gasteiger partial charge in [0, 0.05) is 36.3 Å². The fourth-order valence-corrected chi connectivity index (χ4v) is 3.42. The van der Waals surface area contributed by atoms with E-state index in [2.05, 4.69) is 9.97 Å². The number of para-hydroxylation sites is 1. The molecule has 3 heterocycles. The molecule has 2 aromatic heterocycles. The highest BCUT2D eigenvalue weighted by atomic mass is 16.3. The molecule has 3 aromatic rings. The Kier molecular flexibility index (Phi) is 4.26. The first-order chi connectivity index (χ1) is 12.6. The van der Waals surface area contributed by atoms with Gasteiger partial charge in [-0.25, -0.2) is 4.98 Å². The lowest BCUT2D eigenvalue weighted by atomic mass is 9.99. The van der Waals surface area contributed by atoms with Crippen LogP contribution in [0.5, 0.6) is 5.75 Å². The summed E-state index contributed by atoms with van der Waals surface area (Å²) in [4.78, 5) is 22.7. The number of hydrogen-bond donors (Lipinski definition) is 2. The lowest BCUT2D eigenvalue weighted by molar-refractivity contribution is 0.0755. The molecule has 1 saturated heterocycles. The Hall–Kier alpha value is -2.99. The number of aliphatic hydroxyl groups is 1. The summed E-state index contributed by atoms with van der Waals surface area (Å²) in [5, 5.41) is 21.3. The van der Waals surface area contributed by atoms with E-state index in [0.29, 0.717) is 13.0 Å². The smallest absolute Gasteiger partial charge is 0.276 e. The zero-order valence-corrected chi connectivity index (χ0v) is 14.1. The number of rotatable bonds is 3. The van der Waals surface area contributed by atoms with E-state index in [1.807, 2.05) is 36.4 Å². The molecule has 1 fully saturated rings. The highest BCUT2D eigenvalue weighted by Gasteiger charge is 2.35. The second-order valence-electron chi connectivity index (χ2n) is 6.61. The molecule has 0 spiro atoms. The van der Waals surface area contributed by atoms with Crippen molar-refractivity contribution >= 4 is 16.8 Å². The van der Waals surface area contributed by atoms with Crippen molar-refractivity contribution in [2.45, 2.75) is 12.5 Å². The SMILES string of the molecule is O=C(c1ncccc1O)N1C[C@@H](Cc2ccc3ccccc3n2)[C@H](O)C1. The number of aromatic hydroxyl groups is 1. The molecule has 26 heavy (non-hydrogen) atoms. The highest BCUT2D eigenvalue weighted by Crippen LogP contribution is 2.25. The molecule has 1 amide bonds. The van der Waals surface area contributed by atoms with Gasteiger partial charge in [-0.1, -0.05) is 24.3 Å². The molecule has 0 bridgehead atoms. The number of nitrogens with zero attached hydrogens (tertiary/aromatic N) is 3. The van der Waals surface area contributed by atoms with E-state index >= 15 is 0 Å². The van der Waals surface area contributed by atoms with Crippen LogP contribution in [0.3, 0.4) is 0 Å². The van der Waals surface area contributed by atoms with Crippen LogP contribution in [0, 0.1) is 5.92 Å². The van der Waals surface area contributed by atoms with E-state index < -0.39 is 6.10 Å². The summed E-state index contributed by atoms with van der Waals surface area (Å²) in [6, 6.07) is 14.9. The lowest BCUT2D eigenvalue weighted by Gasteiger charge is -2.16. The number of fused-ring (bicyclic) bond motifs is 1. The Balaban J connectivity index is 1.49. The Morgan fingerprint density at radius 2 is 1.96 bits per heavy atom. The second-order valence-corrected chi connectivity index (χ2v) is 6.61. The molecule has 0 aliphatic carbocycles. The topological polar surface area (TPSA) is 86.5 Å². The standard InChI is InChI=1S/C20H19N3O3/c24-17-6-3-9-21-19(17)20(26)23-11-14(18(25)12-23)10-15-8-7-13-4-1-2-5-16(13)22-15/h1-9,14,18,24-25H,10-12H2/t14-,18-/m1/s1. The minimum Gasteiger partial charge on any atom is -0.505 e. The van der Waals surface area contributed by atoms with E-state index in [4.69, 9.17) is 0 Å². The summed E-state index contributed by atoms with van der Waals surface area (Å²) in [7, 11) is 0. The summed E-state index contributed by atoms with van der Waals surface area (Å²) < 4.78 is 0. The number of pyridine rings is 2. The van der Waals surface area contributed by atoms with Gasteiger partial charge in [0.05, 0.1) is 11.6 Å². The third-order valence-electron chi connectivity index (χ3n) is 4.81. The second kappa shape index (κ2) is 6.72. The van der Waals surface area contributed by atoms with Crippen LogP contribution in [0.1, 0.15) is 16.2 Å². The minimum atomic E-state index is -0.627. The van der Waals surface area contributed by atoms with Crippen molar-refractivity contribution < 1.29 is 15.0 Å². The summed E-state index contributed by atoms with van der Waals surface area (Å²) in [5.41, 5.74) is 1.83. The zero-order valence-electron chi connectivity index (χ0n) is 14.1. The fourth-order valence-electron chi connectivity index (χ4n) is 3.42. The average Bonchev–Trinajstić information content (AvgIpc) is 3.02. The van der Waals surface area contributed by atoms with E-state index in [-0.39, 0.29) is 29.8 Å². The number of β-amino-alcohol motifs (C(OH)–C–C–N with tert-alkyl or cyclic N) is 1. The number of carbonyl (C=O) groups excluding carboxylic acids is 1. The maximum Gasteiger partial charge on any atom is 0.276 e. The number of aliphatic hydroxyl groups excluding tert-OH is 1. The van der Waals surface area contributed by atoms with Crippen molar-refractivity contribution in [1.82, 2.24) is 14.9 Å². The molecular formula is C20H19N3O3. The van der Waals surface area contributed by atoms with Gasteiger partial charge in [-0.3, -0.25) is 9.78 Å². The number of carbonyl (C=O) groups is 1. The molecular weight excluding hydrogens is 330 g/mol. The van der Waals surface area contributed by atoms with Gasteiger partial charge < -0.3 is 15.1 Å². The molecule has 0 unspecified atom stereocenters. The molecule has 4 rings (SSSR count). The first-order valence-electron chi connectivity index (χ1n) is 8.58. The third-order valence-corrected chi connectivity index (χ3v) is 4.81. The largest absolute Gasteiger partial charge is 0.505 e. The summed E-state index contributed by atoms with van der Waals surface area (Å²) in [6.45, 7) is 0.637. The van der Waals surface area contributed by atoms with Crippen LogP contribution < -0.4 is 0 Å². The van der Waals surface area contributed by atoms with Crippen LogP contribution in [0.4, 0.5) is 0 Å². The number of hydrogen-bond acceptors (Lipinski definition) is 5. The van der Waals surface area contributed by atoms with Gasteiger partial charge in [0.15, 0.2) is 5.69 Å². The first kappa shape index (κ1) is 16.5. The quantitative estimate of drug-likeness (QED) is 0.755.